The average Bonchev–Trinajstić information content (AvgIpc) is 2.39. The second-order valence-electron chi connectivity index (χ2n) is 4.97. The Bertz CT molecular complexity index is 540. The average molecular weight is 275 g/mol. The summed E-state index contributed by atoms with van der Waals surface area (Å²) in [4.78, 5) is 2.48. The van der Waals surface area contributed by atoms with Gasteiger partial charge in [-0.25, -0.2) is 0 Å². The van der Waals surface area contributed by atoms with Gasteiger partial charge in [0.25, 0.3) is 0 Å². The minimum Gasteiger partial charge on any atom is -0.399 e. The highest BCUT2D eigenvalue weighted by Gasteiger charge is 2.16. The zero-order valence-corrected chi connectivity index (χ0v) is 11.7. The fourth-order valence-corrected chi connectivity index (χ4v) is 2.61. The summed E-state index contributed by atoms with van der Waals surface area (Å²) in [5.74, 6) is 0. The molecule has 3 rings (SSSR count). The van der Waals surface area contributed by atoms with Crippen molar-refractivity contribution < 1.29 is 0 Å². The summed E-state index contributed by atoms with van der Waals surface area (Å²) in [7, 11) is 0. The van der Waals surface area contributed by atoms with Crippen LogP contribution in [0.5, 0.6) is 0 Å². The molecule has 0 aromatic heterocycles. The molecule has 0 bridgehead atoms. The van der Waals surface area contributed by atoms with Gasteiger partial charge in [0.05, 0.1) is 0 Å². The maximum absolute atomic E-state index is 5.86. The summed E-state index contributed by atoms with van der Waals surface area (Å²) in [6.45, 7) is 3.16. The van der Waals surface area contributed by atoms with Crippen LogP contribution < -0.4 is 5.73 Å². The van der Waals surface area contributed by atoms with Crippen molar-refractivity contribution in [3.8, 4) is 0 Å². The van der Waals surface area contributed by atoms with E-state index in [1.165, 1.54) is 16.7 Å². The number of nitrogens with zero attached hydrogens (tertiary/aromatic N) is 1. The van der Waals surface area contributed by atoms with E-state index in [9.17, 15) is 0 Å². The highest BCUT2D eigenvalue weighted by Crippen LogP contribution is 2.22. The number of anilines is 1. The van der Waals surface area contributed by atoms with E-state index in [1.807, 2.05) is 6.07 Å². The molecule has 0 aliphatic carbocycles. The fourth-order valence-electron chi connectivity index (χ4n) is 2.61. The van der Waals surface area contributed by atoms with E-state index in [0.29, 0.717) is 0 Å². The second kappa shape index (κ2) is 6.09. The summed E-state index contributed by atoms with van der Waals surface area (Å²) < 4.78 is 0. The fraction of sp³-hybridized carbons (Fsp3) is 0.250. The van der Waals surface area contributed by atoms with Crippen molar-refractivity contribution in [3.63, 3.8) is 0 Å². The van der Waals surface area contributed by atoms with Gasteiger partial charge in [-0.2, -0.15) is 0 Å². The number of rotatable bonds is 2. The van der Waals surface area contributed by atoms with Gasteiger partial charge in [-0.3, -0.25) is 4.90 Å². The van der Waals surface area contributed by atoms with Gasteiger partial charge in [0, 0.05) is 25.3 Å². The lowest BCUT2D eigenvalue weighted by molar-refractivity contribution is 0.245. The van der Waals surface area contributed by atoms with Crippen LogP contribution in [-0.2, 0) is 19.5 Å². The van der Waals surface area contributed by atoms with Gasteiger partial charge in [-0.15, -0.1) is 12.4 Å². The summed E-state index contributed by atoms with van der Waals surface area (Å²) in [5, 5.41) is 0. The molecule has 1 aliphatic rings. The Hall–Kier alpha value is -1.51. The van der Waals surface area contributed by atoms with Gasteiger partial charge < -0.3 is 5.73 Å². The van der Waals surface area contributed by atoms with Crippen molar-refractivity contribution in [1.29, 1.82) is 0 Å². The van der Waals surface area contributed by atoms with E-state index >= 15 is 0 Å². The van der Waals surface area contributed by atoms with Gasteiger partial charge in [0.2, 0.25) is 0 Å². The zero-order chi connectivity index (χ0) is 12.4. The Kier molecular flexibility index (Phi) is 4.46. The largest absolute Gasteiger partial charge is 0.399 e. The topological polar surface area (TPSA) is 29.3 Å². The molecule has 2 N–H and O–H groups in total. The van der Waals surface area contributed by atoms with Crippen LogP contribution in [0, 0.1) is 0 Å². The maximum atomic E-state index is 5.86. The molecular weight excluding hydrogens is 256 g/mol. The van der Waals surface area contributed by atoms with Gasteiger partial charge in [-0.05, 0) is 35.2 Å². The molecule has 0 fully saturated rings. The summed E-state index contributed by atoms with van der Waals surface area (Å²) in [6.07, 6.45) is 1.13. The predicted molar refractivity (Wildman–Crippen MR) is 82.4 cm³/mol. The molecule has 0 amide bonds. The van der Waals surface area contributed by atoms with Crippen molar-refractivity contribution in [2.45, 2.75) is 19.5 Å². The SMILES string of the molecule is Cl.Nc1ccc2c(c1)CN(Cc1ccccc1)CC2. The lowest BCUT2D eigenvalue weighted by Gasteiger charge is -2.29. The Labute approximate surface area is 120 Å². The first kappa shape index (κ1) is 13.9. The molecule has 1 heterocycles. The van der Waals surface area contributed by atoms with Crippen LogP contribution in [0.3, 0.4) is 0 Å². The minimum absolute atomic E-state index is 0. The second-order valence-corrected chi connectivity index (χ2v) is 4.97. The Morgan fingerprint density at radius 3 is 2.58 bits per heavy atom. The van der Waals surface area contributed by atoms with E-state index in [4.69, 9.17) is 5.73 Å². The van der Waals surface area contributed by atoms with Crippen LogP contribution in [0.1, 0.15) is 16.7 Å². The first-order valence-electron chi connectivity index (χ1n) is 6.45. The molecule has 19 heavy (non-hydrogen) atoms. The number of nitrogens with two attached hydrogens (primary N) is 1. The highest BCUT2D eigenvalue weighted by molar-refractivity contribution is 5.85. The molecular formula is C16H19ClN2. The van der Waals surface area contributed by atoms with Gasteiger partial charge in [0.1, 0.15) is 0 Å². The smallest absolute Gasteiger partial charge is 0.0317 e. The Morgan fingerprint density at radius 1 is 1.00 bits per heavy atom. The summed E-state index contributed by atoms with van der Waals surface area (Å²) >= 11 is 0. The van der Waals surface area contributed by atoms with Crippen LogP contribution >= 0.6 is 12.4 Å². The first-order valence-corrected chi connectivity index (χ1v) is 6.45. The molecule has 2 aromatic rings. The van der Waals surface area contributed by atoms with Crippen molar-refractivity contribution in [2.75, 3.05) is 12.3 Å². The quantitative estimate of drug-likeness (QED) is 0.852. The zero-order valence-electron chi connectivity index (χ0n) is 10.9. The summed E-state index contributed by atoms with van der Waals surface area (Å²) in [5.41, 5.74) is 11.0. The number of hydrogen-bond donors (Lipinski definition) is 1. The van der Waals surface area contributed by atoms with E-state index in [1.54, 1.807) is 0 Å². The predicted octanol–water partition coefficient (Wildman–Crippen LogP) is 3.25. The number of halogens is 1. The third-order valence-electron chi connectivity index (χ3n) is 3.57. The molecule has 2 aromatic carbocycles. The van der Waals surface area contributed by atoms with E-state index < -0.39 is 0 Å². The third-order valence-corrected chi connectivity index (χ3v) is 3.57. The molecule has 1 aliphatic heterocycles. The standard InChI is InChI=1S/C16H18N2.ClH/c17-16-7-6-14-8-9-18(12-15(14)10-16)11-13-4-2-1-3-5-13;/h1-7,10H,8-9,11-12,17H2;1H. The van der Waals surface area contributed by atoms with E-state index in [0.717, 1.165) is 31.7 Å². The van der Waals surface area contributed by atoms with Crippen molar-refractivity contribution in [2.24, 2.45) is 0 Å². The molecule has 0 saturated carbocycles. The van der Waals surface area contributed by atoms with Crippen molar-refractivity contribution >= 4 is 18.1 Å². The van der Waals surface area contributed by atoms with Crippen LogP contribution in [0.4, 0.5) is 5.69 Å². The molecule has 100 valence electrons. The van der Waals surface area contributed by atoms with Crippen molar-refractivity contribution in [3.05, 3.63) is 65.2 Å². The van der Waals surface area contributed by atoms with E-state index in [-0.39, 0.29) is 12.4 Å². The van der Waals surface area contributed by atoms with Crippen LogP contribution in [0.25, 0.3) is 0 Å². The van der Waals surface area contributed by atoms with Gasteiger partial charge in [-0.1, -0.05) is 36.4 Å². The monoisotopic (exact) mass is 274 g/mol. The summed E-state index contributed by atoms with van der Waals surface area (Å²) in [6, 6.07) is 16.9. The molecule has 0 unspecified atom stereocenters. The maximum Gasteiger partial charge on any atom is 0.0317 e. The lowest BCUT2D eigenvalue weighted by Crippen LogP contribution is -2.30. The first-order chi connectivity index (χ1) is 8.81. The number of benzene rings is 2. The lowest BCUT2D eigenvalue weighted by atomic mass is 9.99. The Balaban J connectivity index is 0.00000133. The molecule has 0 atom stereocenters. The van der Waals surface area contributed by atoms with Crippen LogP contribution in [0.2, 0.25) is 0 Å². The third kappa shape index (κ3) is 3.28. The number of nitrogen functional groups attached to an aromatic ring is 1. The highest BCUT2D eigenvalue weighted by atomic mass is 35.5. The normalized spacial score (nSPS) is 14.5. The molecule has 0 saturated heterocycles. The molecule has 0 spiro atoms. The van der Waals surface area contributed by atoms with E-state index in [2.05, 4.69) is 47.4 Å². The molecule has 2 nitrogen and oxygen atoms in total. The number of fused-ring (bicyclic) bond motifs is 1. The van der Waals surface area contributed by atoms with Gasteiger partial charge in [0.15, 0.2) is 0 Å². The van der Waals surface area contributed by atoms with Gasteiger partial charge >= 0.3 is 0 Å². The van der Waals surface area contributed by atoms with Crippen LogP contribution in [0.15, 0.2) is 48.5 Å². The van der Waals surface area contributed by atoms with Crippen LogP contribution in [-0.4, -0.2) is 11.4 Å². The Morgan fingerprint density at radius 2 is 1.79 bits per heavy atom. The number of hydrogen-bond acceptors (Lipinski definition) is 2. The molecule has 0 radical (unpaired) electrons. The molecule has 3 heteroatoms. The minimum atomic E-state index is 0. The van der Waals surface area contributed by atoms with Crippen molar-refractivity contribution in [1.82, 2.24) is 4.90 Å².